The summed E-state index contributed by atoms with van der Waals surface area (Å²) in [5.41, 5.74) is 5.63. The number of morpholine rings is 1. The molecule has 0 amide bonds. The van der Waals surface area contributed by atoms with Crippen LogP contribution in [0.15, 0.2) is 30.3 Å². The van der Waals surface area contributed by atoms with Crippen molar-refractivity contribution >= 4 is 0 Å². The molecular weight excluding hydrogens is 298 g/mol. The molecule has 0 aliphatic carbocycles. The highest BCUT2D eigenvalue weighted by atomic mass is 16.5. The highest BCUT2D eigenvalue weighted by molar-refractivity contribution is 5.68. The molecule has 2 heterocycles. The van der Waals surface area contributed by atoms with Gasteiger partial charge in [-0.3, -0.25) is 9.88 Å². The minimum atomic E-state index is 0.366. The van der Waals surface area contributed by atoms with Crippen molar-refractivity contribution in [2.45, 2.75) is 26.8 Å². The van der Waals surface area contributed by atoms with Crippen molar-refractivity contribution in [1.29, 1.82) is 5.26 Å². The van der Waals surface area contributed by atoms with Crippen LogP contribution in [0.4, 0.5) is 0 Å². The van der Waals surface area contributed by atoms with Gasteiger partial charge in [0.1, 0.15) is 6.07 Å². The van der Waals surface area contributed by atoms with Crippen LogP contribution >= 0.6 is 0 Å². The number of ether oxygens (including phenoxy) is 1. The molecule has 1 aromatic heterocycles. The number of nitrogens with zero attached hydrogens (tertiary/aromatic N) is 3. The average Bonchev–Trinajstić information content (AvgIpc) is 2.61. The summed E-state index contributed by atoms with van der Waals surface area (Å²) in [6.07, 6.45) is 0. The molecule has 2 aromatic rings. The van der Waals surface area contributed by atoms with Gasteiger partial charge >= 0.3 is 0 Å². The second-order valence-corrected chi connectivity index (χ2v) is 6.36. The summed E-state index contributed by atoms with van der Waals surface area (Å²) < 4.78 is 5.43. The van der Waals surface area contributed by atoms with E-state index in [1.807, 2.05) is 19.9 Å². The standard InChI is InChI=1S/C20H23N3O/c1-14-12-15(2)22-20(19(14)13-21)18-6-4-17(5-7-18)16(3)23-8-10-24-11-9-23/h4-7,12,16H,8-11H2,1-3H3/t16-/m0/s1. The van der Waals surface area contributed by atoms with Gasteiger partial charge in [0.2, 0.25) is 0 Å². The highest BCUT2D eigenvalue weighted by Crippen LogP contribution is 2.27. The van der Waals surface area contributed by atoms with Crippen molar-refractivity contribution in [3.8, 4) is 17.3 Å². The van der Waals surface area contributed by atoms with Gasteiger partial charge in [-0.25, -0.2) is 0 Å². The molecule has 0 unspecified atom stereocenters. The van der Waals surface area contributed by atoms with Crippen LogP contribution in [-0.2, 0) is 4.74 Å². The van der Waals surface area contributed by atoms with Gasteiger partial charge < -0.3 is 4.74 Å². The minimum Gasteiger partial charge on any atom is -0.379 e. The van der Waals surface area contributed by atoms with Gasteiger partial charge in [-0.2, -0.15) is 5.26 Å². The Morgan fingerprint density at radius 2 is 1.83 bits per heavy atom. The first-order chi connectivity index (χ1) is 11.6. The van der Waals surface area contributed by atoms with Crippen molar-refractivity contribution in [3.05, 3.63) is 52.7 Å². The van der Waals surface area contributed by atoms with Gasteiger partial charge in [0.25, 0.3) is 0 Å². The summed E-state index contributed by atoms with van der Waals surface area (Å²) in [6, 6.07) is 13.1. The first-order valence-corrected chi connectivity index (χ1v) is 8.40. The van der Waals surface area contributed by atoms with Gasteiger partial charge in [0, 0.05) is 30.4 Å². The maximum atomic E-state index is 9.46. The molecule has 24 heavy (non-hydrogen) atoms. The van der Waals surface area contributed by atoms with Gasteiger partial charge in [-0.05, 0) is 38.0 Å². The first kappa shape index (κ1) is 16.6. The summed E-state index contributed by atoms with van der Waals surface area (Å²) in [7, 11) is 0. The SMILES string of the molecule is Cc1cc(C)c(C#N)c(-c2ccc([C@H](C)N3CCOCC3)cc2)n1. The van der Waals surface area contributed by atoms with E-state index in [0.29, 0.717) is 11.6 Å². The molecule has 1 aromatic carbocycles. The van der Waals surface area contributed by atoms with Crippen LogP contribution < -0.4 is 0 Å². The Bertz CT molecular complexity index is 756. The molecule has 1 aliphatic rings. The van der Waals surface area contributed by atoms with Crippen LogP contribution in [0.1, 0.15) is 35.3 Å². The van der Waals surface area contributed by atoms with Crippen molar-refractivity contribution in [2.24, 2.45) is 0 Å². The molecule has 3 rings (SSSR count). The Morgan fingerprint density at radius 3 is 2.46 bits per heavy atom. The maximum absolute atomic E-state index is 9.46. The zero-order valence-electron chi connectivity index (χ0n) is 14.5. The summed E-state index contributed by atoms with van der Waals surface area (Å²) >= 11 is 0. The van der Waals surface area contributed by atoms with Gasteiger partial charge in [0.05, 0.1) is 24.5 Å². The summed E-state index contributed by atoms with van der Waals surface area (Å²) in [5, 5.41) is 9.46. The Balaban J connectivity index is 1.89. The quantitative estimate of drug-likeness (QED) is 0.866. The van der Waals surface area contributed by atoms with E-state index < -0.39 is 0 Å². The molecule has 0 radical (unpaired) electrons. The second-order valence-electron chi connectivity index (χ2n) is 6.36. The Hall–Kier alpha value is -2.22. The van der Waals surface area contributed by atoms with E-state index in [1.54, 1.807) is 0 Å². The lowest BCUT2D eigenvalue weighted by molar-refractivity contribution is 0.0198. The normalized spacial score (nSPS) is 16.6. The zero-order valence-corrected chi connectivity index (χ0v) is 14.5. The van der Waals surface area contributed by atoms with Crippen LogP contribution in [0.25, 0.3) is 11.3 Å². The maximum Gasteiger partial charge on any atom is 0.102 e. The number of pyridine rings is 1. The van der Waals surface area contributed by atoms with Crippen LogP contribution in [0.5, 0.6) is 0 Å². The summed E-state index contributed by atoms with van der Waals surface area (Å²) in [5.74, 6) is 0. The molecule has 4 nitrogen and oxygen atoms in total. The monoisotopic (exact) mass is 321 g/mol. The zero-order chi connectivity index (χ0) is 17.1. The number of aryl methyl sites for hydroxylation is 2. The van der Waals surface area contributed by atoms with Crippen LogP contribution in [-0.4, -0.2) is 36.2 Å². The van der Waals surface area contributed by atoms with Crippen LogP contribution in [0, 0.1) is 25.2 Å². The number of rotatable bonds is 3. The van der Waals surface area contributed by atoms with Crippen molar-refractivity contribution in [1.82, 2.24) is 9.88 Å². The second kappa shape index (κ2) is 7.12. The number of hydrogen-bond acceptors (Lipinski definition) is 4. The third-order valence-corrected chi connectivity index (χ3v) is 4.72. The smallest absolute Gasteiger partial charge is 0.102 e. The minimum absolute atomic E-state index is 0.366. The lowest BCUT2D eigenvalue weighted by Crippen LogP contribution is -2.37. The number of nitriles is 1. The van der Waals surface area contributed by atoms with Crippen LogP contribution in [0.2, 0.25) is 0 Å². The van der Waals surface area contributed by atoms with Crippen LogP contribution in [0.3, 0.4) is 0 Å². The molecule has 0 bridgehead atoms. The molecule has 4 heteroatoms. The summed E-state index contributed by atoms with van der Waals surface area (Å²) in [6.45, 7) is 9.72. The molecule has 1 aliphatic heterocycles. The van der Waals surface area contributed by atoms with Gasteiger partial charge in [-0.1, -0.05) is 24.3 Å². The predicted octanol–water partition coefficient (Wildman–Crippen LogP) is 3.63. The van der Waals surface area contributed by atoms with E-state index >= 15 is 0 Å². The van der Waals surface area contributed by atoms with E-state index in [2.05, 4.69) is 47.1 Å². The lowest BCUT2D eigenvalue weighted by atomic mass is 9.99. The van der Waals surface area contributed by atoms with E-state index in [-0.39, 0.29) is 0 Å². The molecule has 1 saturated heterocycles. The van der Waals surface area contributed by atoms with Crippen molar-refractivity contribution in [2.75, 3.05) is 26.3 Å². The fourth-order valence-corrected chi connectivity index (χ4v) is 3.28. The number of hydrogen-bond donors (Lipinski definition) is 0. The largest absolute Gasteiger partial charge is 0.379 e. The fraction of sp³-hybridized carbons (Fsp3) is 0.400. The molecule has 1 fully saturated rings. The van der Waals surface area contributed by atoms with E-state index in [0.717, 1.165) is 48.8 Å². The topological polar surface area (TPSA) is 49.2 Å². The Labute approximate surface area is 143 Å². The molecule has 124 valence electrons. The van der Waals surface area contributed by atoms with Crippen molar-refractivity contribution in [3.63, 3.8) is 0 Å². The van der Waals surface area contributed by atoms with Crippen molar-refractivity contribution < 1.29 is 4.74 Å². The third-order valence-electron chi connectivity index (χ3n) is 4.72. The Morgan fingerprint density at radius 1 is 1.17 bits per heavy atom. The van der Waals surface area contributed by atoms with E-state index in [9.17, 15) is 5.26 Å². The van der Waals surface area contributed by atoms with Gasteiger partial charge in [0.15, 0.2) is 0 Å². The average molecular weight is 321 g/mol. The predicted molar refractivity (Wildman–Crippen MR) is 94.7 cm³/mol. The van der Waals surface area contributed by atoms with E-state index in [4.69, 9.17) is 4.74 Å². The molecule has 0 saturated carbocycles. The first-order valence-electron chi connectivity index (χ1n) is 8.40. The molecule has 1 atom stereocenters. The Kier molecular flexibility index (Phi) is 4.94. The van der Waals surface area contributed by atoms with Gasteiger partial charge in [-0.15, -0.1) is 0 Å². The lowest BCUT2D eigenvalue weighted by Gasteiger charge is -2.32. The number of benzene rings is 1. The molecule has 0 N–H and O–H groups in total. The highest BCUT2D eigenvalue weighted by Gasteiger charge is 2.19. The fourth-order valence-electron chi connectivity index (χ4n) is 3.28. The third kappa shape index (κ3) is 3.33. The molecule has 0 spiro atoms. The molecular formula is C20H23N3O. The summed E-state index contributed by atoms with van der Waals surface area (Å²) in [4.78, 5) is 7.03. The van der Waals surface area contributed by atoms with E-state index in [1.165, 1.54) is 5.56 Å². The number of aromatic nitrogens is 1.